The van der Waals surface area contributed by atoms with Crippen molar-refractivity contribution < 1.29 is 9.53 Å². The number of thioether (sulfide) groups is 1. The van der Waals surface area contributed by atoms with Crippen molar-refractivity contribution in [1.82, 2.24) is 24.6 Å². The third-order valence-electron chi connectivity index (χ3n) is 4.37. The monoisotopic (exact) mass is 375 g/mol. The van der Waals surface area contributed by atoms with Gasteiger partial charge in [-0.05, 0) is 25.0 Å². The van der Waals surface area contributed by atoms with Gasteiger partial charge in [0, 0.05) is 37.6 Å². The summed E-state index contributed by atoms with van der Waals surface area (Å²) in [6, 6.07) is 3.85. The Hall–Kier alpha value is -1.93. The summed E-state index contributed by atoms with van der Waals surface area (Å²) in [7, 11) is 0. The molecule has 1 aliphatic rings. The highest BCUT2D eigenvalue weighted by Gasteiger charge is 2.24. The maximum absolute atomic E-state index is 12.6. The van der Waals surface area contributed by atoms with Crippen molar-refractivity contribution in [3.8, 4) is 11.4 Å². The molecule has 2 aromatic heterocycles. The zero-order valence-electron chi connectivity index (χ0n) is 15.3. The summed E-state index contributed by atoms with van der Waals surface area (Å²) in [5.41, 5.74) is 0.984. The standard InChI is InChI=1S/C18H25N5O2S/c1-3-9-23-17(14-5-7-19-8-6-14)20-21-18(23)26-13-16(24)22-10-11-25-15(4-2)12-22/h5-8,15H,3-4,9-13H2,1-2H3. The number of pyridine rings is 1. The van der Waals surface area contributed by atoms with E-state index < -0.39 is 0 Å². The van der Waals surface area contributed by atoms with Crippen LogP contribution in [0.4, 0.5) is 0 Å². The molecule has 1 saturated heterocycles. The predicted octanol–water partition coefficient (Wildman–Crippen LogP) is 2.48. The van der Waals surface area contributed by atoms with Gasteiger partial charge in [0.25, 0.3) is 0 Å². The van der Waals surface area contributed by atoms with Crippen LogP contribution >= 0.6 is 11.8 Å². The van der Waals surface area contributed by atoms with E-state index in [1.54, 1.807) is 12.4 Å². The largest absolute Gasteiger partial charge is 0.375 e. The van der Waals surface area contributed by atoms with E-state index in [-0.39, 0.29) is 12.0 Å². The Morgan fingerprint density at radius 3 is 2.85 bits per heavy atom. The van der Waals surface area contributed by atoms with Crippen molar-refractivity contribution in [2.24, 2.45) is 0 Å². The number of aromatic nitrogens is 4. The number of hydrogen-bond acceptors (Lipinski definition) is 6. The molecule has 0 saturated carbocycles. The van der Waals surface area contributed by atoms with Crippen LogP contribution in [0.5, 0.6) is 0 Å². The lowest BCUT2D eigenvalue weighted by atomic mass is 10.2. The first-order valence-corrected chi connectivity index (χ1v) is 10.1. The number of rotatable bonds is 7. The Kier molecular flexibility index (Phi) is 6.62. The van der Waals surface area contributed by atoms with E-state index in [1.165, 1.54) is 11.8 Å². The zero-order valence-corrected chi connectivity index (χ0v) is 16.1. The van der Waals surface area contributed by atoms with Crippen LogP contribution in [0.25, 0.3) is 11.4 Å². The van der Waals surface area contributed by atoms with Crippen molar-refractivity contribution in [2.45, 2.75) is 44.5 Å². The van der Waals surface area contributed by atoms with Crippen molar-refractivity contribution >= 4 is 17.7 Å². The fourth-order valence-corrected chi connectivity index (χ4v) is 3.81. The molecule has 140 valence electrons. The van der Waals surface area contributed by atoms with Crippen LogP contribution in [-0.2, 0) is 16.1 Å². The van der Waals surface area contributed by atoms with Crippen molar-refractivity contribution in [3.05, 3.63) is 24.5 Å². The lowest BCUT2D eigenvalue weighted by Gasteiger charge is -2.32. The molecule has 7 nitrogen and oxygen atoms in total. The molecule has 1 fully saturated rings. The molecule has 2 aromatic rings. The molecule has 3 heterocycles. The van der Waals surface area contributed by atoms with Gasteiger partial charge in [-0.2, -0.15) is 0 Å². The van der Waals surface area contributed by atoms with E-state index in [4.69, 9.17) is 4.74 Å². The van der Waals surface area contributed by atoms with Gasteiger partial charge in [0.2, 0.25) is 5.91 Å². The Bertz CT molecular complexity index is 722. The number of amides is 1. The summed E-state index contributed by atoms with van der Waals surface area (Å²) < 4.78 is 7.73. The highest BCUT2D eigenvalue weighted by molar-refractivity contribution is 7.99. The number of carbonyl (C=O) groups is 1. The van der Waals surface area contributed by atoms with Crippen molar-refractivity contribution in [3.63, 3.8) is 0 Å². The van der Waals surface area contributed by atoms with Crippen LogP contribution in [0.1, 0.15) is 26.7 Å². The van der Waals surface area contributed by atoms with Crippen LogP contribution < -0.4 is 0 Å². The minimum absolute atomic E-state index is 0.133. The first-order chi connectivity index (χ1) is 12.7. The average Bonchev–Trinajstić information content (AvgIpc) is 3.09. The van der Waals surface area contributed by atoms with Crippen LogP contribution in [0, 0.1) is 0 Å². The molecule has 0 aliphatic carbocycles. The molecule has 26 heavy (non-hydrogen) atoms. The number of carbonyl (C=O) groups excluding carboxylic acids is 1. The Morgan fingerprint density at radius 1 is 1.31 bits per heavy atom. The number of ether oxygens (including phenoxy) is 1. The molecular formula is C18H25N5O2S. The van der Waals surface area contributed by atoms with Crippen molar-refractivity contribution in [2.75, 3.05) is 25.4 Å². The molecule has 0 spiro atoms. The fourth-order valence-electron chi connectivity index (χ4n) is 2.95. The fraction of sp³-hybridized carbons (Fsp3) is 0.556. The number of nitrogens with zero attached hydrogens (tertiary/aromatic N) is 5. The minimum atomic E-state index is 0.133. The molecule has 0 bridgehead atoms. The maximum Gasteiger partial charge on any atom is 0.233 e. The third-order valence-corrected chi connectivity index (χ3v) is 5.33. The summed E-state index contributed by atoms with van der Waals surface area (Å²) in [6.07, 6.45) is 5.55. The summed E-state index contributed by atoms with van der Waals surface area (Å²) >= 11 is 1.45. The Balaban J connectivity index is 1.68. The molecule has 1 aliphatic heterocycles. The Morgan fingerprint density at radius 2 is 2.12 bits per heavy atom. The first-order valence-electron chi connectivity index (χ1n) is 9.08. The lowest BCUT2D eigenvalue weighted by Crippen LogP contribution is -2.46. The summed E-state index contributed by atoms with van der Waals surface area (Å²) in [5.74, 6) is 1.32. The number of morpholine rings is 1. The van der Waals surface area contributed by atoms with Gasteiger partial charge >= 0.3 is 0 Å². The molecule has 0 radical (unpaired) electrons. The highest BCUT2D eigenvalue weighted by Crippen LogP contribution is 2.24. The Labute approximate surface area is 158 Å². The van der Waals surface area contributed by atoms with Gasteiger partial charge in [-0.3, -0.25) is 9.78 Å². The quantitative estimate of drug-likeness (QED) is 0.692. The van der Waals surface area contributed by atoms with E-state index in [1.807, 2.05) is 17.0 Å². The highest BCUT2D eigenvalue weighted by atomic mass is 32.2. The van der Waals surface area contributed by atoms with E-state index in [0.29, 0.717) is 25.4 Å². The molecule has 8 heteroatoms. The van der Waals surface area contributed by atoms with Gasteiger partial charge in [-0.1, -0.05) is 25.6 Å². The molecular weight excluding hydrogens is 350 g/mol. The van der Waals surface area contributed by atoms with Crippen molar-refractivity contribution in [1.29, 1.82) is 0 Å². The molecule has 0 aromatic carbocycles. The molecule has 1 amide bonds. The normalized spacial score (nSPS) is 17.5. The third kappa shape index (κ3) is 4.42. The second-order valence-corrected chi connectivity index (χ2v) is 7.17. The van der Waals surface area contributed by atoms with Crippen LogP contribution in [-0.4, -0.2) is 62.1 Å². The smallest absolute Gasteiger partial charge is 0.233 e. The number of hydrogen-bond donors (Lipinski definition) is 0. The summed E-state index contributed by atoms with van der Waals surface area (Å²) in [6.45, 7) is 6.99. The maximum atomic E-state index is 12.6. The van der Waals surface area contributed by atoms with E-state index in [9.17, 15) is 4.79 Å². The summed E-state index contributed by atoms with van der Waals surface area (Å²) in [5, 5.41) is 9.44. The first kappa shape index (κ1) is 18.8. The molecule has 3 rings (SSSR count). The van der Waals surface area contributed by atoms with Gasteiger partial charge in [0.15, 0.2) is 11.0 Å². The van der Waals surface area contributed by atoms with Gasteiger partial charge in [-0.25, -0.2) is 0 Å². The second-order valence-electron chi connectivity index (χ2n) is 6.22. The molecule has 1 atom stereocenters. The average molecular weight is 375 g/mol. The molecule has 0 N–H and O–H groups in total. The van der Waals surface area contributed by atoms with Gasteiger partial charge in [-0.15, -0.1) is 10.2 Å². The minimum Gasteiger partial charge on any atom is -0.375 e. The molecule has 1 unspecified atom stereocenters. The van der Waals surface area contributed by atoms with Gasteiger partial charge in [0.05, 0.1) is 18.5 Å². The zero-order chi connectivity index (χ0) is 18.4. The van der Waals surface area contributed by atoms with E-state index in [0.717, 1.165) is 35.9 Å². The van der Waals surface area contributed by atoms with Gasteiger partial charge < -0.3 is 14.2 Å². The van der Waals surface area contributed by atoms with Gasteiger partial charge in [0.1, 0.15) is 0 Å². The van der Waals surface area contributed by atoms with E-state index in [2.05, 4.69) is 33.6 Å². The summed E-state index contributed by atoms with van der Waals surface area (Å²) in [4.78, 5) is 18.5. The van der Waals surface area contributed by atoms with E-state index >= 15 is 0 Å². The van der Waals surface area contributed by atoms with Crippen LogP contribution in [0.15, 0.2) is 29.7 Å². The topological polar surface area (TPSA) is 73.1 Å². The van der Waals surface area contributed by atoms with Crippen LogP contribution in [0.2, 0.25) is 0 Å². The SMILES string of the molecule is CCCn1c(SCC(=O)N2CCOC(CC)C2)nnc1-c1ccncc1. The van der Waals surface area contributed by atoms with Crippen LogP contribution in [0.3, 0.4) is 0 Å². The predicted molar refractivity (Wildman–Crippen MR) is 101 cm³/mol. The lowest BCUT2D eigenvalue weighted by molar-refractivity contribution is -0.135. The second kappa shape index (κ2) is 9.14.